The molecule has 0 unspecified atom stereocenters. The number of piperidine rings is 1. The number of carbonyl (C=O) groups excluding carboxylic acids is 2. The van der Waals surface area contributed by atoms with Gasteiger partial charge in [-0.3, -0.25) is 14.5 Å². The van der Waals surface area contributed by atoms with E-state index >= 15 is 0 Å². The van der Waals surface area contributed by atoms with Crippen LogP contribution in [0.4, 0.5) is 0 Å². The van der Waals surface area contributed by atoms with E-state index in [-0.39, 0.29) is 17.9 Å². The van der Waals surface area contributed by atoms with Crippen LogP contribution in [0.15, 0.2) is 24.3 Å². The Morgan fingerprint density at radius 3 is 2.59 bits per heavy atom. The number of nitrogens with one attached hydrogen (secondary N) is 1. The summed E-state index contributed by atoms with van der Waals surface area (Å²) in [4.78, 5) is 29.4. The van der Waals surface area contributed by atoms with Gasteiger partial charge in [-0.25, -0.2) is 0 Å². The Balaban J connectivity index is 1.46. The highest BCUT2D eigenvalue weighted by Gasteiger charge is 2.28. The van der Waals surface area contributed by atoms with E-state index in [0.29, 0.717) is 18.5 Å². The molecule has 0 aliphatic carbocycles. The zero-order valence-corrected chi connectivity index (χ0v) is 16.3. The number of carbonyl (C=O) groups is 2. The molecule has 0 saturated carbocycles. The maximum absolute atomic E-state index is 12.7. The Kier molecular flexibility index (Phi) is 7.24. The molecule has 6 nitrogen and oxygen atoms in total. The lowest BCUT2D eigenvalue weighted by Gasteiger charge is -2.39. The average Bonchev–Trinajstić information content (AvgIpc) is 2.69. The fraction of sp³-hybridized carbons (Fsp3) is 0.619. The number of aryl methyl sites for hydroxylation is 1. The van der Waals surface area contributed by atoms with Crippen LogP contribution in [0.5, 0.6) is 0 Å². The van der Waals surface area contributed by atoms with E-state index < -0.39 is 0 Å². The van der Waals surface area contributed by atoms with Gasteiger partial charge in [-0.1, -0.05) is 17.7 Å². The summed E-state index contributed by atoms with van der Waals surface area (Å²) in [5.41, 5.74) is 1.76. The summed E-state index contributed by atoms with van der Waals surface area (Å²) < 4.78 is 5.42. The highest BCUT2D eigenvalue weighted by Crippen LogP contribution is 2.19. The number of hydrogen-bond donors (Lipinski definition) is 1. The number of morpholine rings is 1. The summed E-state index contributed by atoms with van der Waals surface area (Å²) in [6.45, 7) is 7.61. The lowest BCUT2D eigenvalue weighted by Crippen LogP contribution is -2.51. The second kappa shape index (κ2) is 9.85. The number of amides is 2. The van der Waals surface area contributed by atoms with Gasteiger partial charge in [0.25, 0.3) is 5.91 Å². The normalized spacial score (nSPS) is 21.1. The lowest BCUT2D eigenvalue weighted by atomic mass is 10.0. The monoisotopic (exact) mass is 373 g/mol. The average molecular weight is 373 g/mol. The lowest BCUT2D eigenvalue weighted by molar-refractivity contribution is -0.135. The van der Waals surface area contributed by atoms with Gasteiger partial charge in [0, 0.05) is 50.7 Å². The Morgan fingerprint density at radius 1 is 1.11 bits per heavy atom. The van der Waals surface area contributed by atoms with E-state index in [1.807, 2.05) is 36.1 Å². The number of hydrogen-bond acceptors (Lipinski definition) is 4. The molecule has 2 fully saturated rings. The molecular weight excluding hydrogens is 342 g/mol. The van der Waals surface area contributed by atoms with Gasteiger partial charge in [0.05, 0.1) is 13.2 Å². The van der Waals surface area contributed by atoms with Crippen molar-refractivity contribution in [3.63, 3.8) is 0 Å². The number of likely N-dealkylation sites (tertiary alicyclic amines) is 1. The molecule has 27 heavy (non-hydrogen) atoms. The van der Waals surface area contributed by atoms with Crippen LogP contribution < -0.4 is 5.32 Å². The van der Waals surface area contributed by atoms with Gasteiger partial charge < -0.3 is 15.0 Å². The standard InChI is InChI=1S/C21H31N3O3/c1-17-5-7-18(8-6-17)21(26)22-10-9-20(25)24-11-3-2-4-19(24)16-23-12-14-27-15-13-23/h5-8,19H,2-4,9-16H2,1H3,(H,22,26)/t19-/m1/s1. The topological polar surface area (TPSA) is 61.9 Å². The van der Waals surface area contributed by atoms with Crippen molar-refractivity contribution in [3.05, 3.63) is 35.4 Å². The van der Waals surface area contributed by atoms with Crippen molar-refractivity contribution in [2.24, 2.45) is 0 Å². The maximum Gasteiger partial charge on any atom is 0.251 e. The summed E-state index contributed by atoms with van der Waals surface area (Å²) in [6, 6.07) is 7.76. The molecule has 1 N–H and O–H groups in total. The van der Waals surface area contributed by atoms with Crippen LogP contribution in [-0.4, -0.2) is 73.6 Å². The fourth-order valence-electron chi connectivity index (χ4n) is 3.83. The molecule has 2 saturated heterocycles. The largest absolute Gasteiger partial charge is 0.379 e. The molecular formula is C21H31N3O3. The molecule has 2 heterocycles. The first kappa shape index (κ1) is 19.8. The molecule has 3 rings (SSSR count). The van der Waals surface area contributed by atoms with Crippen LogP contribution in [0, 0.1) is 6.92 Å². The highest BCUT2D eigenvalue weighted by atomic mass is 16.5. The molecule has 0 radical (unpaired) electrons. The van der Waals surface area contributed by atoms with Crippen molar-refractivity contribution in [1.82, 2.24) is 15.1 Å². The second-order valence-corrected chi connectivity index (χ2v) is 7.52. The molecule has 1 aromatic rings. The Hall–Kier alpha value is -1.92. The van der Waals surface area contributed by atoms with E-state index in [4.69, 9.17) is 4.74 Å². The first-order valence-electron chi connectivity index (χ1n) is 10.1. The number of rotatable bonds is 6. The van der Waals surface area contributed by atoms with Crippen molar-refractivity contribution >= 4 is 11.8 Å². The van der Waals surface area contributed by atoms with Crippen LogP contribution in [0.25, 0.3) is 0 Å². The SMILES string of the molecule is Cc1ccc(C(=O)NCCC(=O)N2CCCC[C@@H]2CN2CCOCC2)cc1. The molecule has 6 heteroatoms. The third-order valence-electron chi connectivity index (χ3n) is 5.46. The van der Waals surface area contributed by atoms with E-state index in [1.54, 1.807) is 0 Å². The third kappa shape index (κ3) is 5.78. The van der Waals surface area contributed by atoms with E-state index in [9.17, 15) is 9.59 Å². The van der Waals surface area contributed by atoms with Gasteiger partial charge in [0.15, 0.2) is 0 Å². The Labute approximate surface area is 161 Å². The summed E-state index contributed by atoms with van der Waals surface area (Å²) in [5, 5.41) is 2.87. The van der Waals surface area contributed by atoms with Crippen LogP contribution in [0.3, 0.4) is 0 Å². The van der Waals surface area contributed by atoms with Gasteiger partial charge >= 0.3 is 0 Å². The molecule has 0 spiro atoms. The molecule has 0 aromatic heterocycles. The summed E-state index contributed by atoms with van der Waals surface area (Å²) in [6.07, 6.45) is 3.68. The molecule has 2 aliphatic rings. The van der Waals surface area contributed by atoms with Gasteiger partial charge in [0.2, 0.25) is 5.91 Å². The third-order valence-corrected chi connectivity index (χ3v) is 5.46. The summed E-state index contributed by atoms with van der Waals surface area (Å²) in [7, 11) is 0. The minimum absolute atomic E-state index is 0.119. The van der Waals surface area contributed by atoms with Crippen molar-refractivity contribution in [3.8, 4) is 0 Å². The molecule has 148 valence electrons. The van der Waals surface area contributed by atoms with Crippen molar-refractivity contribution in [1.29, 1.82) is 0 Å². The van der Waals surface area contributed by atoms with E-state index in [0.717, 1.165) is 57.8 Å². The predicted octanol–water partition coefficient (Wildman–Crippen LogP) is 1.83. The molecule has 1 aromatic carbocycles. The molecule has 1 atom stereocenters. The Bertz CT molecular complexity index is 626. The van der Waals surface area contributed by atoms with Crippen LogP contribution in [0.1, 0.15) is 41.6 Å². The smallest absolute Gasteiger partial charge is 0.251 e. The highest BCUT2D eigenvalue weighted by molar-refractivity contribution is 5.94. The first-order valence-corrected chi connectivity index (χ1v) is 10.1. The van der Waals surface area contributed by atoms with E-state index in [1.165, 1.54) is 6.42 Å². The fourth-order valence-corrected chi connectivity index (χ4v) is 3.83. The zero-order chi connectivity index (χ0) is 19.1. The van der Waals surface area contributed by atoms with E-state index in [2.05, 4.69) is 10.2 Å². The number of nitrogens with zero attached hydrogens (tertiary/aromatic N) is 2. The maximum atomic E-state index is 12.7. The second-order valence-electron chi connectivity index (χ2n) is 7.52. The van der Waals surface area contributed by atoms with Crippen LogP contribution >= 0.6 is 0 Å². The molecule has 2 amide bonds. The quantitative estimate of drug-likeness (QED) is 0.826. The summed E-state index contributed by atoms with van der Waals surface area (Å²) in [5.74, 6) is 0.0310. The minimum atomic E-state index is -0.119. The predicted molar refractivity (Wildman–Crippen MR) is 105 cm³/mol. The van der Waals surface area contributed by atoms with Crippen LogP contribution in [0.2, 0.25) is 0 Å². The van der Waals surface area contributed by atoms with Gasteiger partial charge in [-0.2, -0.15) is 0 Å². The number of benzene rings is 1. The van der Waals surface area contributed by atoms with Gasteiger partial charge in [-0.15, -0.1) is 0 Å². The minimum Gasteiger partial charge on any atom is -0.379 e. The van der Waals surface area contributed by atoms with Crippen LogP contribution in [-0.2, 0) is 9.53 Å². The van der Waals surface area contributed by atoms with Gasteiger partial charge in [0.1, 0.15) is 0 Å². The molecule has 0 bridgehead atoms. The van der Waals surface area contributed by atoms with Gasteiger partial charge in [-0.05, 0) is 38.3 Å². The van der Waals surface area contributed by atoms with Crippen molar-refractivity contribution in [2.45, 2.75) is 38.6 Å². The summed E-state index contributed by atoms with van der Waals surface area (Å²) >= 11 is 0. The molecule has 2 aliphatic heterocycles. The Morgan fingerprint density at radius 2 is 1.85 bits per heavy atom. The first-order chi connectivity index (χ1) is 13.1. The van der Waals surface area contributed by atoms with Crippen molar-refractivity contribution < 1.29 is 14.3 Å². The van der Waals surface area contributed by atoms with Crippen molar-refractivity contribution in [2.75, 3.05) is 45.9 Å². The zero-order valence-electron chi connectivity index (χ0n) is 16.3. The number of ether oxygens (including phenoxy) is 1.